The van der Waals surface area contributed by atoms with E-state index in [1.807, 2.05) is 26.8 Å². The predicted molar refractivity (Wildman–Crippen MR) is 135 cm³/mol. The molecule has 1 unspecified atom stereocenters. The van der Waals surface area contributed by atoms with Gasteiger partial charge in [0.1, 0.15) is 34.8 Å². The van der Waals surface area contributed by atoms with Crippen molar-refractivity contribution in [2.75, 3.05) is 26.2 Å². The molecule has 1 fully saturated rings. The van der Waals surface area contributed by atoms with Crippen LogP contribution < -0.4 is 19.1 Å². The summed E-state index contributed by atoms with van der Waals surface area (Å²) in [6.07, 6.45) is 1.46. The average molecular weight is 492 g/mol. The summed E-state index contributed by atoms with van der Waals surface area (Å²) in [7, 11) is 4.58. The van der Waals surface area contributed by atoms with E-state index in [2.05, 4.69) is 0 Å². The maximum atomic E-state index is 13.4. The first kappa shape index (κ1) is 24.9. The van der Waals surface area contributed by atoms with E-state index < -0.39 is 17.7 Å². The Labute approximate surface area is 209 Å². The van der Waals surface area contributed by atoms with Gasteiger partial charge in [0.15, 0.2) is 0 Å². The summed E-state index contributed by atoms with van der Waals surface area (Å²) in [6, 6.07) is 10.9. The topological polar surface area (TPSA) is 98.4 Å². The second-order valence-electron chi connectivity index (χ2n) is 8.82. The van der Waals surface area contributed by atoms with Crippen molar-refractivity contribution in [1.29, 1.82) is 0 Å². The lowest BCUT2D eigenvalue weighted by atomic mass is 9.92. The van der Waals surface area contributed by atoms with Crippen LogP contribution in [-0.4, -0.2) is 38.1 Å². The van der Waals surface area contributed by atoms with Crippen LogP contribution in [0.25, 0.3) is 5.76 Å². The molecular formula is C28H29NO7. The molecule has 3 aromatic rings. The van der Waals surface area contributed by atoms with Crippen LogP contribution in [0.3, 0.4) is 0 Å². The largest absolute Gasteiger partial charge is 0.507 e. The second-order valence-corrected chi connectivity index (χ2v) is 8.82. The number of hydrogen-bond acceptors (Lipinski definition) is 7. The molecule has 1 aliphatic heterocycles. The zero-order valence-corrected chi connectivity index (χ0v) is 21.1. The fourth-order valence-electron chi connectivity index (χ4n) is 4.47. The molecule has 1 atom stereocenters. The van der Waals surface area contributed by atoms with Crippen molar-refractivity contribution < 1.29 is 33.3 Å². The molecule has 0 spiro atoms. The van der Waals surface area contributed by atoms with Gasteiger partial charge in [-0.2, -0.15) is 0 Å². The molecule has 188 valence electrons. The summed E-state index contributed by atoms with van der Waals surface area (Å²) in [5, 5.41) is 11.5. The zero-order chi connectivity index (χ0) is 26.1. The van der Waals surface area contributed by atoms with Crippen molar-refractivity contribution in [3.63, 3.8) is 0 Å². The number of ketones is 1. The molecular weight excluding hydrogens is 462 g/mol. The lowest BCUT2D eigenvalue weighted by Gasteiger charge is -2.24. The number of aliphatic hydroxyl groups excluding tert-OH is 1. The lowest BCUT2D eigenvalue weighted by Crippen LogP contribution is -2.29. The average Bonchev–Trinajstić information content (AvgIpc) is 3.49. The molecule has 8 heteroatoms. The van der Waals surface area contributed by atoms with Crippen molar-refractivity contribution in [3.8, 4) is 17.2 Å². The Balaban J connectivity index is 1.97. The van der Waals surface area contributed by atoms with Gasteiger partial charge in [-0.1, -0.05) is 13.8 Å². The Morgan fingerprint density at radius 2 is 1.67 bits per heavy atom. The van der Waals surface area contributed by atoms with Gasteiger partial charge >= 0.3 is 0 Å². The van der Waals surface area contributed by atoms with Gasteiger partial charge in [-0.3, -0.25) is 14.5 Å². The van der Waals surface area contributed by atoms with Gasteiger partial charge in [0, 0.05) is 23.8 Å². The molecule has 0 radical (unpaired) electrons. The van der Waals surface area contributed by atoms with Crippen LogP contribution in [0.1, 0.15) is 48.3 Å². The Morgan fingerprint density at radius 3 is 2.19 bits per heavy atom. The summed E-state index contributed by atoms with van der Waals surface area (Å²) >= 11 is 0. The van der Waals surface area contributed by atoms with Gasteiger partial charge < -0.3 is 23.7 Å². The Hall–Kier alpha value is -4.20. The maximum Gasteiger partial charge on any atom is 0.300 e. The quantitative estimate of drug-likeness (QED) is 0.270. The number of amides is 1. The van der Waals surface area contributed by atoms with Crippen molar-refractivity contribution in [1.82, 2.24) is 0 Å². The second kappa shape index (κ2) is 9.81. The van der Waals surface area contributed by atoms with Crippen molar-refractivity contribution in [2.24, 2.45) is 0 Å². The fourth-order valence-corrected chi connectivity index (χ4v) is 4.47. The highest BCUT2D eigenvalue weighted by molar-refractivity contribution is 6.51. The Kier molecular flexibility index (Phi) is 6.79. The third-order valence-electron chi connectivity index (χ3n) is 6.33. The van der Waals surface area contributed by atoms with E-state index in [0.717, 1.165) is 5.56 Å². The van der Waals surface area contributed by atoms with Crippen LogP contribution in [0.5, 0.6) is 17.2 Å². The minimum absolute atomic E-state index is 0.0697. The van der Waals surface area contributed by atoms with Crippen LogP contribution >= 0.6 is 0 Å². The maximum absolute atomic E-state index is 13.4. The number of benzene rings is 2. The predicted octanol–water partition coefficient (Wildman–Crippen LogP) is 5.36. The monoisotopic (exact) mass is 491 g/mol. The number of rotatable bonds is 7. The van der Waals surface area contributed by atoms with Crippen molar-refractivity contribution in [3.05, 3.63) is 76.8 Å². The van der Waals surface area contributed by atoms with Gasteiger partial charge in [0.25, 0.3) is 11.7 Å². The van der Waals surface area contributed by atoms with Gasteiger partial charge in [-0.15, -0.1) is 0 Å². The molecule has 1 aromatic heterocycles. The number of aryl methyl sites for hydroxylation is 1. The number of nitrogens with zero attached hydrogens (tertiary/aromatic N) is 1. The molecule has 1 N–H and O–H groups in total. The highest BCUT2D eigenvalue weighted by Gasteiger charge is 2.48. The number of methoxy groups -OCH3 is 3. The molecule has 0 aliphatic carbocycles. The van der Waals surface area contributed by atoms with E-state index in [0.29, 0.717) is 39.8 Å². The van der Waals surface area contributed by atoms with E-state index in [-0.39, 0.29) is 17.3 Å². The number of carbonyl (C=O) groups excluding carboxylic acids is 2. The standard InChI is InChI=1S/C28H29NO7/c1-15(2)20-14-21(16(3)10-23(20)35-6)26(30)24-25(22-8-7-9-36-22)29(28(32)27(24)31)17-11-18(33-4)13-19(12-17)34-5/h7-15,25,30H,1-6H3/b26-24+. The van der Waals surface area contributed by atoms with Crippen LogP contribution in [-0.2, 0) is 9.59 Å². The number of Topliss-reactive ketones (excluding diaryl/α,β-unsaturated/α-hetero) is 1. The summed E-state index contributed by atoms with van der Waals surface area (Å²) in [5.41, 5.74) is 2.30. The Morgan fingerprint density at radius 1 is 1.00 bits per heavy atom. The highest BCUT2D eigenvalue weighted by Crippen LogP contribution is 2.45. The molecule has 2 aromatic carbocycles. The van der Waals surface area contributed by atoms with E-state index in [1.165, 1.54) is 25.4 Å². The SMILES string of the molecule is COc1cc(OC)cc(N2C(=O)C(=O)/C(=C(/O)c3cc(C(C)C)c(OC)cc3C)C2c2ccco2)c1. The molecule has 0 saturated carbocycles. The first-order valence-corrected chi connectivity index (χ1v) is 11.5. The summed E-state index contributed by atoms with van der Waals surface area (Å²) in [5.74, 6) is 0.0849. The number of hydrogen-bond donors (Lipinski definition) is 1. The summed E-state index contributed by atoms with van der Waals surface area (Å²) < 4.78 is 21.9. The minimum atomic E-state index is -0.999. The number of carbonyl (C=O) groups is 2. The third-order valence-corrected chi connectivity index (χ3v) is 6.33. The summed E-state index contributed by atoms with van der Waals surface area (Å²) in [6.45, 7) is 5.83. The van der Waals surface area contributed by atoms with E-state index in [4.69, 9.17) is 18.6 Å². The number of ether oxygens (including phenoxy) is 3. The molecule has 8 nitrogen and oxygen atoms in total. The van der Waals surface area contributed by atoms with Crippen molar-refractivity contribution in [2.45, 2.75) is 32.7 Å². The lowest BCUT2D eigenvalue weighted by molar-refractivity contribution is -0.132. The highest BCUT2D eigenvalue weighted by atomic mass is 16.5. The fraction of sp³-hybridized carbons (Fsp3) is 0.286. The van der Waals surface area contributed by atoms with Crippen molar-refractivity contribution >= 4 is 23.1 Å². The van der Waals surface area contributed by atoms with Crippen LogP contribution in [0.2, 0.25) is 0 Å². The normalized spacial score (nSPS) is 17.1. The van der Waals surface area contributed by atoms with Gasteiger partial charge in [-0.25, -0.2) is 0 Å². The first-order chi connectivity index (χ1) is 17.2. The first-order valence-electron chi connectivity index (χ1n) is 11.5. The van der Waals surface area contributed by atoms with E-state index >= 15 is 0 Å². The molecule has 1 amide bonds. The molecule has 2 heterocycles. The molecule has 0 bridgehead atoms. The van der Waals surface area contributed by atoms with E-state index in [1.54, 1.807) is 43.5 Å². The molecule has 1 saturated heterocycles. The van der Waals surface area contributed by atoms with Crippen LogP contribution in [0.4, 0.5) is 5.69 Å². The molecule has 36 heavy (non-hydrogen) atoms. The summed E-state index contributed by atoms with van der Waals surface area (Å²) in [4.78, 5) is 28.1. The molecule has 1 aliphatic rings. The number of anilines is 1. The third kappa shape index (κ3) is 4.19. The van der Waals surface area contributed by atoms with E-state index in [9.17, 15) is 14.7 Å². The smallest absolute Gasteiger partial charge is 0.300 e. The van der Waals surface area contributed by atoms with Gasteiger partial charge in [0.2, 0.25) is 0 Å². The van der Waals surface area contributed by atoms with Crippen LogP contribution in [0.15, 0.2) is 58.7 Å². The molecule has 4 rings (SSSR count). The Bertz CT molecular complexity index is 1320. The number of aliphatic hydroxyl groups is 1. The van der Waals surface area contributed by atoms with Gasteiger partial charge in [-0.05, 0) is 48.2 Å². The van der Waals surface area contributed by atoms with Gasteiger partial charge in [0.05, 0.1) is 38.9 Å². The minimum Gasteiger partial charge on any atom is -0.507 e. The number of furan rings is 1. The van der Waals surface area contributed by atoms with Crippen LogP contribution in [0, 0.1) is 6.92 Å². The zero-order valence-electron chi connectivity index (χ0n) is 21.1.